The number of nitrogens with zero attached hydrogens (tertiary/aromatic N) is 3. The standard InChI is InChI=1S/C16H18N4O/c1-16(2,6-3-9-21)20-11-12(10-19-20)13-4-7-17-15-14(13)5-8-18-15/h4-5,7-11H,3,6H2,1-2H3,(H,17,18). The van der Waals surface area contributed by atoms with Crippen molar-refractivity contribution in [3.8, 4) is 11.1 Å². The quantitative estimate of drug-likeness (QED) is 0.731. The zero-order valence-corrected chi connectivity index (χ0v) is 12.2. The molecule has 5 heteroatoms. The smallest absolute Gasteiger partial charge is 0.137 e. The predicted molar refractivity (Wildman–Crippen MR) is 81.9 cm³/mol. The van der Waals surface area contributed by atoms with Gasteiger partial charge in [0.25, 0.3) is 0 Å². The number of carbonyl (C=O) groups excluding carboxylic acids is 1. The Morgan fingerprint density at radius 1 is 1.38 bits per heavy atom. The number of aldehydes is 1. The summed E-state index contributed by atoms with van der Waals surface area (Å²) >= 11 is 0. The number of rotatable bonds is 5. The van der Waals surface area contributed by atoms with Gasteiger partial charge in [0.05, 0.1) is 11.7 Å². The fourth-order valence-electron chi connectivity index (χ4n) is 2.53. The number of carbonyl (C=O) groups is 1. The number of pyridine rings is 1. The summed E-state index contributed by atoms with van der Waals surface area (Å²) in [4.78, 5) is 18.0. The zero-order chi connectivity index (χ0) is 14.9. The minimum absolute atomic E-state index is 0.177. The van der Waals surface area contributed by atoms with E-state index in [0.717, 1.165) is 34.9 Å². The first-order valence-corrected chi connectivity index (χ1v) is 7.03. The molecule has 0 amide bonds. The molecule has 108 valence electrons. The van der Waals surface area contributed by atoms with Crippen LogP contribution in [0.4, 0.5) is 0 Å². The fraction of sp³-hybridized carbons (Fsp3) is 0.312. The van der Waals surface area contributed by atoms with Gasteiger partial charge in [-0.2, -0.15) is 5.10 Å². The molecule has 0 atom stereocenters. The van der Waals surface area contributed by atoms with Crippen molar-refractivity contribution in [1.29, 1.82) is 0 Å². The minimum atomic E-state index is -0.177. The van der Waals surface area contributed by atoms with Crippen LogP contribution in [0.15, 0.2) is 36.9 Å². The van der Waals surface area contributed by atoms with Crippen molar-refractivity contribution in [2.75, 3.05) is 0 Å². The highest BCUT2D eigenvalue weighted by Crippen LogP contribution is 2.29. The zero-order valence-electron chi connectivity index (χ0n) is 12.2. The molecule has 0 aromatic carbocycles. The Bertz CT molecular complexity index is 769. The number of aromatic nitrogens is 4. The highest BCUT2D eigenvalue weighted by atomic mass is 16.1. The normalized spacial score (nSPS) is 11.9. The maximum Gasteiger partial charge on any atom is 0.137 e. The molecule has 3 heterocycles. The summed E-state index contributed by atoms with van der Waals surface area (Å²) in [6.07, 6.45) is 9.85. The molecule has 0 spiro atoms. The van der Waals surface area contributed by atoms with E-state index in [9.17, 15) is 4.79 Å². The maximum absolute atomic E-state index is 10.6. The van der Waals surface area contributed by atoms with E-state index in [1.165, 1.54) is 0 Å². The molecule has 3 aromatic heterocycles. The number of fused-ring (bicyclic) bond motifs is 1. The average molecular weight is 282 g/mol. The van der Waals surface area contributed by atoms with Gasteiger partial charge in [-0.05, 0) is 38.0 Å². The van der Waals surface area contributed by atoms with Crippen molar-refractivity contribution in [3.63, 3.8) is 0 Å². The molecule has 0 saturated carbocycles. The van der Waals surface area contributed by atoms with Crippen LogP contribution in [-0.4, -0.2) is 26.0 Å². The molecule has 0 saturated heterocycles. The Kier molecular flexibility index (Phi) is 3.33. The van der Waals surface area contributed by atoms with Crippen LogP contribution in [0.25, 0.3) is 22.2 Å². The largest absolute Gasteiger partial charge is 0.346 e. The van der Waals surface area contributed by atoms with Crippen molar-refractivity contribution in [2.24, 2.45) is 0 Å². The van der Waals surface area contributed by atoms with Crippen LogP contribution in [0.3, 0.4) is 0 Å². The SMILES string of the molecule is CC(C)(CCC=O)n1cc(-c2ccnc3[nH]ccc23)cn1. The molecule has 0 aliphatic carbocycles. The molecule has 5 nitrogen and oxygen atoms in total. The molecule has 0 aliphatic heterocycles. The topological polar surface area (TPSA) is 63.6 Å². The van der Waals surface area contributed by atoms with Gasteiger partial charge in [-0.3, -0.25) is 4.68 Å². The lowest BCUT2D eigenvalue weighted by Gasteiger charge is -2.24. The van der Waals surface area contributed by atoms with Gasteiger partial charge in [0, 0.05) is 36.0 Å². The second kappa shape index (κ2) is 5.16. The number of nitrogens with one attached hydrogen (secondary N) is 1. The molecule has 3 rings (SSSR count). The van der Waals surface area contributed by atoms with Gasteiger partial charge in [-0.25, -0.2) is 4.98 Å². The van der Waals surface area contributed by atoms with Gasteiger partial charge >= 0.3 is 0 Å². The predicted octanol–water partition coefficient (Wildman–Crippen LogP) is 3.14. The molecular weight excluding hydrogens is 264 g/mol. The fourth-order valence-corrected chi connectivity index (χ4v) is 2.53. The van der Waals surface area contributed by atoms with Crippen molar-refractivity contribution < 1.29 is 4.79 Å². The number of aromatic amines is 1. The van der Waals surface area contributed by atoms with E-state index in [0.29, 0.717) is 6.42 Å². The van der Waals surface area contributed by atoms with Gasteiger partial charge in [-0.15, -0.1) is 0 Å². The van der Waals surface area contributed by atoms with Gasteiger partial charge in [0.1, 0.15) is 11.9 Å². The summed E-state index contributed by atoms with van der Waals surface area (Å²) in [7, 11) is 0. The first kappa shape index (κ1) is 13.5. The molecule has 0 fully saturated rings. The molecular formula is C16H18N4O. The number of hydrogen-bond acceptors (Lipinski definition) is 3. The Morgan fingerprint density at radius 2 is 2.24 bits per heavy atom. The number of H-pyrrole nitrogens is 1. The van der Waals surface area contributed by atoms with Crippen LogP contribution >= 0.6 is 0 Å². The van der Waals surface area contributed by atoms with Crippen LogP contribution in [0.1, 0.15) is 26.7 Å². The molecule has 1 N–H and O–H groups in total. The Morgan fingerprint density at radius 3 is 3.05 bits per heavy atom. The summed E-state index contributed by atoms with van der Waals surface area (Å²) in [5, 5.41) is 5.56. The van der Waals surface area contributed by atoms with Crippen molar-refractivity contribution in [1.82, 2.24) is 19.7 Å². The van der Waals surface area contributed by atoms with Gasteiger partial charge in [-0.1, -0.05) is 0 Å². The average Bonchev–Trinajstić information content (AvgIpc) is 3.13. The van der Waals surface area contributed by atoms with Crippen LogP contribution in [0.2, 0.25) is 0 Å². The van der Waals surface area contributed by atoms with Crippen molar-refractivity contribution in [3.05, 3.63) is 36.9 Å². The van der Waals surface area contributed by atoms with Gasteiger partial charge < -0.3 is 9.78 Å². The minimum Gasteiger partial charge on any atom is -0.346 e. The van der Waals surface area contributed by atoms with Crippen LogP contribution in [0, 0.1) is 0 Å². The summed E-state index contributed by atoms with van der Waals surface area (Å²) < 4.78 is 1.94. The molecule has 3 aromatic rings. The molecule has 0 unspecified atom stereocenters. The molecule has 0 bridgehead atoms. The van der Waals surface area contributed by atoms with E-state index in [-0.39, 0.29) is 5.54 Å². The number of hydrogen-bond donors (Lipinski definition) is 1. The summed E-state index contributed by atoms with van der Waals surface area (Å²) in [6, 6.07) is 4.02. The van der Waals surface area contributed by atoms with E-state index in [1.807, 2.05) is 35.4 Å². The Hall–Kier alpha value is -2.43. The van der Waals surface area contributed by atoms with E-state index in [2.05, 4.69) is 28.9 Å². The third kappa shape index (κ3) is 2.46. The third-order valence-corrected chi connectivity index (χ3v) is 3.85. The first-order valence-electron chi connectivity index (χ1n) is 7.03. The lowest BCUT2D eigenvalue weighted by atomic mass is 9.99. The van der Waals surface area contributed by atoms with Gasteiger partial charge in [0.15, 0.2) is 0 Å². The van der Waals surface area contributed by atoms with E-state index >= 15 is 0 Å². The third-order valence-electron chi connectivity index (χ3n) is 3.85. The van der Waals surface area contributed by atoms with Gasteiger partial charge in [0.2, 0.25) is 0 Å². The van der Waals surface area contributed by atoms with Crippen LogP contribution < -0.4 is 0 Å². The lowest BCUT2D eigenvalue weighted by Crippen LogP contribution is -2.26. The monoisotopic (exact) mass is 282 g/mol. The Balaban J connectivity index is 1.98. The molecule has 21 heavy (non-hydrogen) atoms. The second-order valence-electron chi connectivity index (χ2n) is 5.79. The highest BCUT2D eigenvalue weighted by Gasteiger charge is 2.21. The molecule has 0 aliphatic rings. The summed E-state index contributed by atoms with van der Waals surface area (Å²) in [5.41, 5.74) is 2.86. The van der Waals surface area contributed by atoms with Crippen molar-refractivity contribution in [2.45, 2.75) is 32.2 Å². The van der Waals surface area contributed by atoms with Crippen LogP contribution in [-0.2, 0) is 10.3 Å². The lowest BCUT2D eigenvalue weighted by molar-refractivity contribution is -0.108. The highest BCUT2D eigenvalue weighted by molar-refractivity contribution is 5.92. The first-order chi connectivity index (χ1) is 10.1. The van der Waals surface area contributed by atoms with E-state index in [4.69, 9.17) is 0 Å². The van der Waals surface area contributed by atoms with Crippen molar-refractivity contribution >= 4 is 17.3 Å². The summed E-state index contributed by atoms with van der Waals surface area (Å²) in [6.45, 7) is 4.18. The van der Waals surface area contributed by atoms with Crippen LogP contribution in [0.5, 0.6) is 0 Å². The maximum atomic E-state index is 10.6. The molecule has 0 radical (unpaired) electrons. The summed E-state index contributed by atoms with van der Waals surface area (Å²) in [5.74, 6) is 0. The van der Waals surface area contributed by atoms with E-state index < -0.39 is 0 Å². The second-order valence-corrected chi connectivity index (χ2v) is 5.79. The Labute approximate surface area is 123 Å². The van der Waals surface area contributed by atoms with E-state index in [1.54, 1.807) is 6.20 Å².